The van der Waals surface area contributed by atoms with Crippen LogP contribution in [0.2, 0.25) is 0 Å². The number of amides is 2. The SMILES string of the molecule is CC1Oc2ccc(NC(=O)CCn3nnc4ccccc4c3=O)cc2NC1=O. The van der Waals surface area contributed by atoms with Crippen LogP contribution in [0.1, 0.15) is 13.3 Å². The lowest BCUT2D eigenvalue weighted by molar-refractivity contribution is -0.122. The third kappa shape index (κ3) is 3.41. The second-order valence-electron chi connectivity index (χ2n) is 6.39. The molecule has 1 atom stereocenters. The van der Waals surface area contributed by atoms with Gasteiger partial charge < -0.3 is 15.4 Å². The number of hydrogen-bond donors (Lipinski definition) is 2. The maximum Gasteiger partial charge on any atom is 0.277 e. The fourth-order valence-corrected chi connectivity index (χ4v) is 2.89. The largest absolute Gasteiger partial charge is 0.479 e. The van der Waals surface area contributed by atoms with E-state index in [2.05, 4.69) is 20.9 Å². The van der Waals surface area contributed by atoms with E-state index in [1.807, 2.05) is 0 Å². The van der Waals surface area contributed by atoms with E-state index < -0.39 is 6.10 Å². The molecule has 1 unspecified atom stereocenters. The molecule has 0 spiro atoms. The van der Waals surface area contributed by atoms with Crippen LogP contribution >= 0.6 is 0 Å². The van der Waals surface area contributed by atoms with E-state index in [1.165, 1.54) is 4.68 Å². The maximum atomic E-state index is 12.4. The summed E-state index contributed by atoms with van der Waals surface area (Å²) in [6.45, 7) is 1.76. The van der Waals surface area contributed by atoms with Gasteiger partial charge in [-0.3, -0.25) is 14.4 Å². The molecule has 1 aromatic heterocycles. The number of aromatic nitrogens is 3. The monoisotopic (exact) mass is 379 g/mol. The zero-order valence-electron chi connectivity index (χ0n) is 15.0. The summed E-state index contributed by atoms with van der Waals surface area (Å²) in [6.07, 6.45) is -0.515. The van der Waals surface area contributed by atoms with Crippen LogP contribution in [0.3, 0.4) is 0 Å². The van der Waals surface area contributed by atoms with E-state index >= 15 is 0 Å². The minimum Gasteiger partial charge on any atom is -0.479 e. The van der Waals surface area contributed by atoms with Gasteiger partial charge >= 0.3 is 0 Å². The Morgan fingerprint density at radius 2 is 2.07 bits per heavy atom. The molecule has 9 nitrogen and oxygen atoms in total. The fraction of sp³-hybridized carbons (Fsp3) is 0.211. The van der Waals surface area contributed by atoms with Crippen molar-refractivity contribution < 1.29 is 14.3 Å². The first kappa shape index (κ1) is 17.7. The number of hydrogen-bond acceptors (Lipinski definition) is 6. The van der Waals surface area contributed by atoms with Crippen molar-refractivity contribution in [3.8, 4) is 5.75 Å². The summed E-state index contributed by atoms with van der Waals surface area (Å²) in [6, 6.07) is 11.9. The summed E-state index contributed by atoms with van der Waals surface area (Å²) >= 11 is 0. The minimum absolute atomic E-state index is 0.0455. The molecule has 2 N–H and O–H groups in total. The van der Waals surface area contributed by atoms with Crippen LogP contribution in [-0.4, -0.2) is 32.9 Å². The molecule has 142 valence electrons. The van der Waals surface area contributed by atoms with Gasteiger partial charge in [-0.15, -0.1) is 5.10 Å². The Kier molecular flexibility index (Phi) is 4.48. The second kappa shape index (κ2) is 7.10. The summed E-state index contributed by atoms with van der Waals surface area (Å²) < 4.78 is 6.65. The van der Waals surface area contributed by atoms with Gasteiger partial charge in [0.15, 0.2) is 6.10 Å². The van der Waals surface area contributed by atoms with Gasteiger partial charge in [0.05, 0.1) is 17.6 Å². The normalized spacial score (nSPS) is 15.5. The van der Waals surface area contributed by atoms with E-state index in [1.54, 1.807) is 49.4 Å². The third-order valence-corrected chi connectivity index (χ3v) is 4.37. The minimum atomic E-state index is -0.561. The first-order valence-corrected chi connectivity index (χ1v) is 8.75. The molecule has 0 saturated heterocycles. The van der Waals surface area contributed by atoms with Gasteiger partial charge in [-0.1, -0.05) is 17.3 Å². The number of rotatable bonds is 4. The molecule has 9 heteroatoms. The zero-order chi connectivity index (χ0) is 19.7. The number of aryl methyl sites for hydroxylation is 1. The predicted octanol–water partition coefficient (Wildman–Crippen LogP) is 1.54. The van der Waals surface area contributed by atoms with Crippen LogP contribution in [0, 0.1) is 0 Å². The Hall–Kier alpha value is -3.75. The molecule has 0 bridgehead atoms. The molecule has 0 aliphatic carbocycles. The number of carbonyl (C=O) groups excluding carboxylic acids is 2. The number of nitrogens with one attached hydrogen (secondary N) is 2. The molecule has 2 aromatic carbocycles. The van der Waals surface area contributed by atoms with Gasteiger partial charge in [0, 0.05) is 12.1 Å². The summed E-state index contributed by atoms with van der Waals surface area (Å²) in [5.74, 6) is 0.00607. The lowest BCUT2D eigenvalue weighted by Gasteiger charge is -2.23. The first-order valence-electron chi connectivity index (χ1n) is 8.75. The average molecular weight is 379 g/mol. The molecule has 28 heavy (non-hydrogen) atoms. The van der Waals surface area contributed by atoms with Crippen molar-refractivity contribution in [2.75, 3.05) is 10.6 Å². The Morgan fingerprint density at radius 1 is 1.25 bits per heavy atom. The molecule has 2 heterocycles. The molecular weight excluding hydrogens is 362 g/mol. The molecule has 3 aromatic rings. The highest BCUT2D eigenvalue weighted by molar-refractivity contribution is 5.99. The topological polar surface area (TPSA) is 115 Å². The third-order valence-electron chi connectivity index (χ3n) is 4.37. The Bertz CT molecular complexity index is 1140. The summed E-state index contributed by atoms with van der Waals surface area (Å²) in [7, 11) is 0. The maximum absolute atomic E-state index is 12.4. The highest BCUT2D eigenvalue weighted by Crippen LogP contribution is 2.32. The molecule has 1 aliphatic heterocycles. The Balaban J connectivity index is 1.43. The molecule has 1 aliphatic rings. The molecule has 4 rings (SSSR count). The summed E-state index contributed by atoms with van der Waals surface area (Å²) in [5, 5.41) is 13.8. The number of nitrogens with zero attached hydrogens (tertiary/aromatic N) is 3. The quantitative estimate of drug-likeness (QED) is 0.710. The van der Waals surface area contributed by atoms with Crippen molar-refractivity contribution in [3.63, 3.8) is 0 Å². The van der Waals surface area contributed by atoms with Gasteiger partial charge in [0.25, 0.3) is 11.5 Å². The number of anilines is 2. The Labute approximate surface area is 159 Å². The molecule has 0 saturated carbocycles. The second-order valence-corrected chi connectivity index (χ2v) is 6.39. The van der Waals surface area contributed by atoms with E-state index in [-0.39, 0.29) is 30.3 Å². The van der Waals surface area contributed by atoms with Gasteiger partial charge in [0.1, 0.15) is 11.3 Å². The fourth-order valence-electron chi connectivity index (χ4n) is 2.89. The molecule has 2 amide bonds. The van der Waals surface area contributed by atoms with Gasteiger partial charge in [0.2, 0.25) is 5.91 Å². The van der Waals surface area contributed by atoms with Crippen molar-refractivity contribution in [1.82, 2.24) is 15.0 Å². The van der Waals surface area contributed by atoms with E-state index in [0.29, 0.717) is 28.0 Å². The standard InChI is InChI=1S/C19H17N5O4/c1-11-18(26)21-15-10-12(6-7-16(15)28-11)20-17(25)8-9-24-19(27)13-4-2-3-5-14(13)22-23-24/h2-7,10-11H,8-9H2,1H3,(H,20,25)(H,21,26). The van der Waals surface area contributed by atoms with Crippen molar-refractivity contribution in [2.24, 2.45) is 0 Å². The summed E-state index contributed by atoms with van der Waals surface area (Å²) in [5.41, 5.74) is 1.23. The van der Waals surface area contributed by atoms with E-state index in [0.717, 1.165) is 0 Å². The summed E-state index contributed by atoms with van der Waals surface area (Å²) in [4.78, 5) is 36.3. The predicted molar refractivity (Wildman–Crippen MR) is 102 cm³/mol. The van der Waals surface area contributed by atoms with Crippen LogP contribution in [0.4, 0.5) is 11.4 Å². The van der Waals surface area contributed by atoms with E-state index in [4.69, 9.17) is 4.74 Å². The number of ether oxygens (including phenoxy) is 1. The number of fused-ring (bicyclic) bond motifs is 2. The van der Waals surface area contributed by atoms with Crippen molar-refractivity contribution >= 4 is 34.1 Å². The lowest BCUT2D eigenvalue weighted by atomic mass is 10.2. The van der Waals surface area contributed by atoms with Crippen LogP contribution in [0.25, 0.3) is 10.9 Å². The van der Waals surface area contributed by atoms with Crippen molar-refractivity contribution in [1.29, 1.82) is 0 Å². The molecule has 0 radical (unpaired) electrons. The number of benzene rings is 2. The van der Waals surface area contributed by atoms with Gasteiger partial charge in [-0.2, -0.15) is 0 Å². The van der Waals surface area contributed by atoms with Crippen molar-refractivity contribution in [2.45, 2.75) is 26.0 Å². The highest BCUT2D eigenvalue weighted by Gasteiger charge is 2.23. The number of carbonyl (C=O) groups is 2. The zero-order valence-corrected chi connectivity index (χ0v) is 15.0. The van der Waals surface area contributed by atoms with Crippen molar-refractivity contribution in [3.05, 3.63) is 52.8 Å². The van der Waals surface area contributed by atoms with Crippen LogP contribution in [0.15, 0.2) is 47.3 Å². The lowest BCUT2D eigenvalue weighted by Crippen LogP contribution is -2.34. The highest BCUT2D eigenvalue weighted by atomic mass is 16.5. The first-order chi connectivity index (χ1) is 13.5. The van der Waals surface area contributed by atoms with Crippen LogP contribution in [0.5, 0.6) is 5.75 Å². The molecule has 0 fully saturated rings. The van der Waals surface area contributed by atoms with Gasteiger partial charge in [-0.25, -0.2) is 4.68 Å². The van der Waals surface area contributed by atoms with Gasteiger partial charge in [-0.05, 0) is 37.3 Å². The van der Waals surface area contributed by atoms with Crippen LogP contribution < -0.4 is 20.9 Å². The molecular formula is C19H17N5O4. The Morgan fingerprint density at radius 3 is 2.93 bits per heavy atom. The smallest absolute Gasteiger partial charge is 0.277 e. The van der Waals surface area contributed by atoms with Crippen LogP contribution in [-0.2, 0) is 16.1 Å². The average Bonchev–Trinajstić information content (AvgIpc) is 2.69. The van der Waals surface area contributed by atoms with E-state index in [9.17, 15) is 14.4 Å².